The van der Waals surface area contributed by atoms with Crippen LogP contribution in [0.25, 0.3) is 0 Å². The number of hydrogen-bond acceptors (Lipinski definition) is 2. The van der Waals surface area contributed by atoms with E-state index in [1.165, 1.54) is 0 Å². The lowest BCUT2D eigenvalue weighted by Crippen LogP contribution is -2.40. The minimum atomic E-state index is -0.631. The first-order valence-corrected chi connectivity index (χ1v) is 4.07. The lowest BCUT2D eigenvalue weighted by Gasteiger charge is -2.19. The molecule has 13 heavy (non-hydrogen) atoms. The van der Waals surface area contributed by atoms with Crippen LogP contribution in [0.4, 0.5) is 0 Å². The van der Waals surface area contributed by atoms with Crippen molar-refractivity contribution in [2.24, 2.45) is 5.41 Å². The molecule has 4 heteroatoms. The van der Waals surface area contributed by atoms with Gasteiger partial charge in [-0.05, 0) is 6.92 Å². The Balaban J connectivity index is 2.56. The van der Waals surface area contributed by atoms with Crippen LogP contribution in [-0.4, -0.2) is 24.9 Å². The maximum atomic E-state index is 11.5. The summed E-state index contributed by atoms with van der Waals surface area (Å²) in [5.41, 5.74) is -0.631. The highest BCUT2D eigenvalue weighted by atomic mass is 16.2. The summed E-state index contributed by atoms with van der Waals surface area (Å²) < 4.78 is 0. The maximum Gasteiger partial charge on any atom is 0.228 e. The molecule has 0 aliphatic carbocycles. The highest BCUT2D eigenvalue weighted by Crippen LogP contribution is 2.24. The number of rotatable bonds is 2. The standard InChI is InChI=1S/C9H12N2O2/c1-3-4-10-8(13)9(2)5-7(12)11-6-9/h1H,4-6H2,2H3,(H,10,13)(H,11,12). The number of carbonyl (C=O) groups excluding carboxylic acids is 2. The van der Waals surface area contributed by atoms with Crippen molar-refractivity contribution in [1.29, 1.82) is 0 Å². The summed E-state index contributed by atoms with van der Waals surface area (Å²) in [6, 6.07) is 0. The summed E-state index contributed by atoms with van der Waals surface area (Å²) in [5.74, 6) is 2.07. The van der Waals surface area contributed by atoms with Gasteiger partial charge in [-0.15, -0.1) is 6.42 Å². The molecule has 70 valence electrons. The zero-order chi connectivity index (χ0) is 9.90. The molecule has 0 saturated carbocycles. The number of terminal acetylenes is 1. The molecule has 1 atom stereocenters. The van der Waals surface area contributed by atoms with E-state index < -0.39 is 5.41 Å². The van der Waals surface area contributed by atoms with E-state index in [0.29, 0.717) is 6.54 Å². The molecule has 0 aromatic heterocycles. The Bertz CT molecular complexity index is 280. The van der Waals surface area contributed by atoms with Crippen LogP contribution in [0.2, 0.25) is 0 Å². The van der Waals surface area contributed by atoms with E-state index in [0.717, 1.165) is 0 Å². The van der Waals surface area contributed by atoms with Crippen LogP contribution in [0.1, 0.15) is 13.3 Å². The predicted molar refractivity (Wildman–Crippen MR) is 47.6 cm³/mol. The minimum Gasteiger partial charge on any atom is -0.355 e. The van der Waals surface area contributed by atoms with Gasteiger partial charge in [-0.1, -0.05) is 5.92 Å². The third-order valence-electron chi connectivity index (χ3n) is 2.13. The van der Waals surface area contributed by atoms with Crippen molar-refractivity contribution in [3.63, 3.8) is 0 Å². The van der Waals surface area contributed by atoms with Crippen LogP contribution in [0, 0.1) is 17.8 Å². The fourth-order valence-electron chi connectivity index (χ4n) is 1.28. The molecule has 1 heterocycles. The zero-order valence-electron chi connectivity index (χ0n) is 7.52. The average molecular weight is 180 g/mol. The average Bonchev–Trinajstić information content (AvgIpc) is 2.43. The summed E-state index contributed by atoms with van der Waals surface area (Å²) in [6.45, 7) is 2.35. The lowest BCUT2D eigenvalue weighted by atomic mass is 9.88. The molecule has 1 aliphatic rings. The molecule has 1 unspecified atom stereocenters. The molecule has 0 bridgehead atoms. The van der Waals surface area contributed by atoms with Crippen molar-refractivity contribution in [1.82, 2.24) is 10.6 Å². The first-order chi connectivity index (χ1) is 6.08. The topological polar surface area (TPSA) is 58.2 Å². The van der Waals surface area contributed by atoms with E-state index >= 15 is 0 Å². The molecule has 0 aromatic rings. The van der Waals surface area contributed by atoms with Crippen LogP contribution >= 0.6 is 0 Å². The van der Waals surface area contributed by atoms with E-state index in [1.807, 2.05) is 0 Å². The highest BCUT2D eigenvalue weighted by Gasteiger charge is 2.40. The molecule has 0 radical (unpaired) electrons. The normalized spacial score (nSPS) is 26.3. The second-order valence-electron chi connectivity index (χ2n) is 3.40. The van der Waals surface area contributed by atoms with Gasteiger partial charge in [0.15, 0.2) is 0 Å². The molecule has 2 N–H and O–H groups in total. The van der Waals surface area contributed by atoms with Crippen molar-refractivity contribution in [2.45, 2.75) is 13.3 Å². The number of nitrogens with one attached hydrogen (secondary N) is 2. The van der Waals surface area contributed by atoms with Gasteiger partial charge >= 0.3 is 0 Å². The Kier molecular flexibility index (Phi) is 2.57. The number of amides is 2. The van der Waals surface area contributed by atoms with E-state index in [9.17, 15) is 9.59 Å². The smallest absolute Gasteiger partial charge is 0.228 e. The minimum absolute atomic E-state index is 0.0849. The fourth-order valence-corrected chi connectivity index (χ4v) is 1.28. The molecular weight excluding hydrogens is 168 g/mol. The first-order valence-electron chi connectivity index (χ1n) is 4.07. The van der Waals surface area contributed by atoms with Crippen molar-refractivity contribution >= 4 is 11.8 Å². The van der Waals surface area contributed by atoms with Gasteiger partial charge in [-0.2, -0.15) is 0 Å². The van der Waals surface area contributed by atoms with Crippen LogP contribution in [0.15, 0.2) is 0 Å². The van der Waals surface area contributed by atoms with E-state index in [1.54, 1.807) is 6.92 Å². The molecule has 4 nitrogen and oxygen atoms in total. The third kappa shape index (κ3) is 2.00. The van der Waals surface area contributed by atoms with Gasteiger partial charge in [0.05, 0.1) is 12.0 Å². The van der Waals surface area contributed by atoms with E-state index in [2.05, 4.69) is 16.6 Å². The molecule has 2 amide bonds. The molecule has 1 fully saturated rings. The monoisotopic (exact) mass is 180 g/mol. The van der Waals surface area contributed by atoms with Crippen molar-refractivity contribution in [2.75, 3.05) is 13.1 Å². The summed E-state index contributed by atoms with van der Waals surface area (Å²) in [5, 5.41) is 5.18. The Hall–Kier alpha value is -1.50. The second kappa shape index (κ2) is 3.48. The van der Waals surface area contributed by atoms with Gasteiger partial charge in [-0.25, -0.2) is 0 Å². The van der Waals surface area contributed by atoms with Crippen LogP contribution < -0.4 is 10.6 Å². The van der Waals surface area contributed by atoms with Gasteiger partial charge < -0.3 is 10.6 Å². The van der Waals surface area contributed by atoms with Gasteiger partial charge in [0.1, 0.15) is 0 Å². The first kappa shape index (κ1) is 9.59. The Labute approximate surface area is 77.1 Å². The van der Waals surface area contributed by atoms with Gasteiger partial charge in [0.25, 0.3) is 0 Å². The third-order valence-corrected chi connectivity index (χ3v) is 2.13. The maximum absolute atomic E-state index is 11.5. The van der Waals surface area contributed by atoms with Crippen molar-refractivity contribution < 1.29 is 9.59 Å². The highest BCUT2D eigenvalue weighted by molar-refractivity contribution is 5.92. The predicted octanol–water partition coefficient (Wildman–Crippen LogP) is -0.738. The zero-order valence-corrected chi connectivity index (χ0v) is 7.52. The fraction of sp³-hybridized carbons (Fsp3) is 0.556. The molecule has 0 aromatic carbocycles. The lowest BCUT2D eigenvalue weighted by molar-refractivity contribution is -0.130. The summed E-state index contributed by atoms with van der Waals surface area (Å²) in [6.07, 6.45) is 5.24. The van der Waals surface area contributed by atoms with Crippen molar-refractivity contribution in [3.05, 3.63) is 0 Å². The van der Waals surface area contributed by atoms with Crippen LogP contribution in [-0.2, 0) is 9.59 Å². The van der Waals surface area contributed by atoms with Gasteiger partial charge in [0, 0.05) is 13.0 Å². The number of hydrogen-bond donors (Lipinski definition) is 2. The molecule has 1 saturated heterocycles. The molecule has 0 spiro atoms. The quantitative estimate of drug-likeness (QED) is 0.550. The Morgan fingerprint density at radius 2 is 2.54 bits per heavy atom. The SMILES string of the molecule is C#CCNC(=O)C1(C)CNC(=O)C1. The molecule has 1 rings (SSSR count). The van der Waals surface area contributed by atoms with Gasteiger partial charge in [0.2, 0.25) is 11.8 Å². The summed E-state index contributed by atoms with van der Waals surface area (Å²) >= 11 is 0. The largest absolute Gasteiger partial charge is 0.355 e. The number of carbonyl (C=O) groups is 2. The van der Waals surface area contributed by atoms with Gasteiger partial charge in [-0.3, -0.25) is 9.59 Å². The molecule has 1 aliphatic heterocycles. The molecular formula is C9H12N2O2. The second-order valence-corrected chi connectivity index (χ2v) is 3.40. The Morgan fingerprint density at radius 3 is 3.00 bits per heavy atom. The summed E-state index contributed by atoms with van der Waals surface area (Å²) in [7, 11) is 0. The van der Waals surface area contributed by atoms with E-state index in [4.69, 9.17) is 6.42 Å². The van der Waals surface area contributed by atoms with E-state index in [-0.39, 0.29) is 24.8 Å². The van der Waals surface area contributed by atoms with Crippen LogP contribution in [0.3, 0.4) is 0 Å². The van der Waals surface area contributed by atoms with Crippen molar-refractivity contribution in [3.8, 4) is 12.3 Å². The Morgan fingerprint density at radius 1 is 1.85 bits per heavy atom. The summed E-state index contributed by atoms with van der Waals surface area (Å²) in [4.78, 5) is 22.4. The van der Waals surface area contributed by atoms with Crippen LogP contribution in [0.5, 0.6) is 0 Å².